The fourth-order valence-electron chi connectivity index (χ4n) is 2.44. The highest BCUT2D eigenvalue weighted by molar-refractivity contribution is 7.19. The fraction of sp³-hybridized carbons (Fsp3) is 0.308. The van der Waals surface area contributed by atoms with Gasteiger partial charge in [-0.05, 0) is 18.6 Å². The van der Waals surface area contributed by atoms with Crippen molar-refractivity contribution in [3.63, 3.8) is 0 Å². The van der Waals surface area contributed by atoms with Gasteiger partial charge in [0.15, 0.2) is 22.3 Å². The highest BCUT2D eigenvalue weighted by Crippen LogP contribution is 2.38. The van der Waals surface area contributed by atoms with Crippen LogP contribution in [0, 0.1) is 0 Å². The highest BCUT2D eigenvalue weighted by Gasteiger charge is 2.25. The number of phenolic OH excluding ortho intramolecular Hbond substituents is 2. The summed E-state index contributed by atoms with van der Waals surface area (Å²) in [6.07, 6.45) is 0.908. The maximum atomic E-state index is 9.95. The normalized spacial score (nSPS) is 18.6. The van der Waals surface area contributed by atoms with Gasteiger partial charge in [-0.2, -0.15) is 9.61 Å². The summed E-state index contributed by atoms with van der Waals surface area (Å²) in [6.45, 7) is 1.36. The van der Waals surface area contributed by atoms with E-state index in [4.69, 9.17) is 4.74 Å². The standard InChI is InChI=1S/C13H12N4O3S/c18-9-3-1-2-8(10(9)19)12-16-17-11(7-4-5-20-6-7)14-15-13(17)21-12/h1-3,7,18-19H,4-6H2. The van der Waals surface area contributed by atoms with Crippen LogP contribution in [0.25, 0.3) is 15.5 Å². The van der Waals surface area contributed by atoms with E-state index in [-0.39, 0.29) is 17.4 Å². The zero-order valence-electron chi connectivity index (χ0n) is 10.9. The van der Waals surface area contributed by atoms with Gasteiger partial charge in [-0.3, -0.25) is 0 Å². The highest BCUT2D eigenvalue weighted by atomic mass is 32.1. The van der Waals surface area contributed by atoms with Gasteiger partial charge in [0.1, 0.15) is 0 Å². The molecule has 7 nitrogen and oxygen atoms in total. The molecule has 2 N–H and O–H groups in total. The Morgan fingerprint density at radius 3 is 3.00 bits per heavy atom. The van der Waals surface area contributed by atoms with Crippen molar-refractivity contribution in [1.82, 2.24) is 19.8 Å². The lowest BCUT2D eigenvalue weighted by Crippen LogP contribution is -2.04. The molecule has 0 aliphatic carbocycles. The van der Waals surface area contributed by atoms with Crippen LogP contribution in [0.2, 0.25) is 0 Å². The molecule has 1 aliphatic rings. The lowest BCUT2D eigenvalue weighted by Gasteiger charge is -2.03. The average Bonchev–Trinajstić information content (AvgIpc) is 3.16. The predicted octanol–water partition coefficient (Wildman–Crippen LogP) is 1.77. The van der Waals surface area contributed by atoms with E-state index in [2.05, 4.69) is 15.3 Å². The third-order valence-corrected chi connectivity index (χ3v) is 4.49. The molecule has 2 aromatic heterocycles. The van der Waals surface area contributed by atoms with Crippen molar-refractivity contribution in [3.8, 4) is 22.1 Å². The number of ether oxygens (including phenoxy) is 1. The first kappa shape index (κ1) is 12.5. The first-order chi connectivity index (χ1) is 10.2. The Morgan fingerprint density at radius 2 is 2.19 bits per heavy atom. The van der Waals surface area contributed by atoms with Gasteiger partial charge in [0.2, 0.25) is 4.96 Å². The van der Waals surface area contributed by atoms with Gasteiger partial charge in [-0.1, -0.05) is 17.4 Å². The first-order valence-electron chi connectivity index (χ1n) is 6.55. The molecule has 1 unspecified atom stereocenters. The second-order valence-electron chi connectivity index (χ2n) is 4.89. The van der Waals surface area contributed by atoms with Gasteiger partial charge < -0.3 is 14.9 Å². The van der Waals surface area contributed by atoms with Gasteiger partial charge in [-0.15, -0.1) is 10.2 Å². The number of rotatable bonds is 2. The molecule has 1 aliphatic heterocycles. The van der Waals surface area contributed by atoms with E-state index in [1.807, 2.05) is 0 Å². The molecule has 1 atom stereocenters. The second kappa shape index (κ2) is 4.68. The summed E-state index contributed by atoms with van der Waals surface area (Å²) < 4.78 is 7.07. The van der Waals surface area contributed by atoms with Crippen LogP contribution in [0.1, 0.15) is 18.2 Å². The number of benzene rings is 1. The lowest BCUT2D eigenvalue weighted by molar-refractivity contribution is 0.193. The molecule has 3 heterocycles. The van der Waals surface area contributed by atoms with Crippen molar-refractivity contribution in [2.24, 2.45) is 0 Å². The topological polar surface area (TPSA) is 92.8 Å². The van der Waals surface area contributed by atoms with Crippen molar-refractivity contribution in [1.29, 1.82) is 0 Å². The van der Waals surface area contributed by atoms with Crippen LogP contribution in [0.3, 0.4) is 0 Å². The summed E-state index contributed by atoms with van der Waals surface area (Å²) in [5.74, 6) is 0.647. The van der Waals surface area contributed by atoms with E-state index in [1.54, 1.807) is 16.6 Å². The third-order valence-electron chi connectivity index (χ3n) is 3.55. The SMILES string of the molecule is Oc1cccc(-c2nn3c(C4CCOC4)nnc3s2)c1O. The quantitative estimate of drug-likeness (QED) is 0.701. The minimum Gasteiger partial charge on any atom is -0.504 e. The van der Waals surface area contributed by atoms with Gasteiger partial charge >= 0.3 is 0 Å². The van der Waals surface area contributed by atoms with Crippen LogP contribution in [-0.4, -0.2) is 43.2 Å². The molecule has 4 rings (SSSR count). The number of aromatic hydroxyl groups is 2. The smallest absolute Gasteiger partial charge is 0.234 e. The molecule has 1 saturated heterocycles. The summed E-state index contributed by atoms with van der Waals surface area (Å²) in [7, 11) is 0. The number of fused-ring (bicyclic) bond motifs is 1. The molecule has 0 spiro atoms. The molecule has 8 heteroatoms. The van der Waals surface area contributed by atoms with Gasteiger partial charge in [0.25, 0.3) is 0 Å². The van der Waals surface area contributed by atoms with Crippen LogP contribution in [0.5, 0.6) is 11.5 Å². The minimum atomic E-state index is -0.173. The zero-order chi connectivity index (χ0) is 14.4. The Kier molecular flexibility index (Phi) is 2.79. The molecule has 0 amide bonds. The molecule has 3 aromatic rings. The van der Waals surface area contributed by atoms with E-state index in [1.165, 1.54) is 17.4 Å². The number of hydrogen-bond donors (Lipinski definition) is 2. The fourth-order valence-corrected chi connectivity index (χ4v) is 3.31. The monoisotopic (exact) mass is 304 g/mol. The minimum absolute atomic E-state index is 0.164. The van der Waals surface area contributed by atoms with E-state index in [0.29, 0.717) is 22.1 Å². The van der Waals surface area contributed by atoms with Crippen LogP contribution in [0.15, 0.2) is 18.2 Å². The van der Waals surface area contributed by atoms with Gasteiger partial charge in [0, 0.05) is 12.5 Å². The molecule has 1 aromatic carbocycles. The molecule has 1 fully saturated rings. The largest absolute Gasteiger partial charge is 0.504 e. The van der Waals surface area contributed by atoms with Crippen molar-refractivity contribution in [3.05, 3.63) is 24.0 Å². The van der Waals surface area contributed by atoms with Crippen LogP contribution in [0.4, 0.5) is 0 Å². The number of hydrogen-bond acceptors (Lipinski definition) is 7. The number of aromatic nitrogens is 4. The molecular formula is C13H12N4O3S. The molecule has 0 saturated carbocycles. The third kappa shape index (κ3) is 1.95. The van der Waals surface area contributed by atoms with Crippen molar-refractivity contribution in [2.45, 2.75) is 12.3 Å². The Balaban J connectivity index is 1.82. The van der Waals surface area contributed by atoms with Crippen LogP contribution in [-0.2, 0) is 4.74 Å². The molecule has 0 bridgehead atoms. The van der Waals surface area contributed by atoms with Gasteiger partial charge in [-0.25, -0.2) is 0 Å². The maximum absolute atomic E-state index is 9.95. The van der Waals surface area contributed by atoms with Crippen molar-refractivity contribution in [2.75, 3.05) is 13.2 Å². The Hall–Kier alpha value is -2.19. The zero-order valence-corrected chi connectivity index (χ0v) is 11.7. The Morgan fingerprint density at radius 1 is 1.29 bits per heavy atom. The van der Waals surface area contributed by atoms with Crippen LogP contribution >= 0.6 is 11.3 Å². The van der Waals surface area contributed by atoms with Crippen molar-refractivity contribution >= 4 is 16.3 Å². The predicted molar refractivity (Wildman–Crippen MR) is 75.6 cm³/mol. The lowest BCUT2D eigenvalue weighted by atomic mass is 10.1. The van der Waals surface area contributed by atoms with Crippen molar-refractivity contribution < 1.29 is 14.9 Å². The molecule has 21 heavy (non-hydrogen) atoms. The molecule has 108 valence electrons. The molecular weight excluding hydrogens is 292 g/mol. The van der Waals surface area contributed by atoms with E-state index in [0.717, 1.165) is 18.9 Å². The summed E-state index contributed by atoms with van der Waals surface area (Å²) in [4.78, 5) is 0.662. The Bertz CT molecular complexity index is 807. The summed E-state index contributed by atoms with van der Waals surface area (Å²) >= 11 is 1.32. The number of phenols is 2. The van der Waals surface area contributed by atoms with E-state index < -0.39 is 0 Å². The van der Waals surface area contributed by atoms with E-state index >= 15 is 0 Å². The maximum Gasteiger partial charge on any atom is 0.234 e. The summed E-state index contributed by atoms with van der Waals surface area (Å²) in [5.41, 5.74) is 0.485. The number of nitrogens with zero attached hydrogens (tertiary/aromatic N) is 4. The van der Waals surface area contributed by atoms with Gasteiger partial charge in [0.05, 0.1) is 12.2 Å². The first-order valence-corrected chi connectivity index (χ1v) is 7.37. The Labute approximate surface area is 123 Å². The van der Waals surface area contributed by atoms with E-state index in [9.17, 15) is 10.2 Å². The number of para-hydroxylation sites is 1. The second-order valence-corrected chi connectivity index (χ2v) is 5.85. The summed E-state index contributed by atoms with van der Waals surface area (Å²) in [5, 5.41) is 32.9. The summed E-state index contributed by atoms with van der Waals surface area (Å²) in [6, 6.07) is 4.80. The van der Waals surface area contributed by atoms with Crippen LogP contribution < -0.4 is 0 Å². The molecule has 0 radical (unpaired) electrons. The average molecular weight is 304 g/mol.